The Hall–Kier alpha value is -2.34. The summed E-state index contributed by atoms with van der Waals surface area (Å²) in [6.07, 6.45) is 1.66. The molecule has 0 atom stereocenters. The Bertz CT molecular complexity index is 675. The highest BCUT2D eigenvalue weighted by Gasteiger charge is 2.07. The summed E-state index contributed by atoms with van der Waals surface area (Å²) in [5.41, 5.74) is 1.59. The minimum absolute atomic E-state index is 0.233. The van der Waals surface area contributed by atoms with Gasteiger partial charge in [-0.1, -0.05) is 17.7 Å². The number of rotatable bonds is 4. The van der Waals surface area contributed by atoms with E-state index in [-0.39, 0.29) is 12.6 Å². The maximum absolute atomic E-state index is 11.9. The van der Waals surface area contributed by atoms with Gasteiger partial charge in [0.15, 0.2) is 0 Å². The number of anilines is 2. The van der Waals surface area contributed by atoms with Crippen molar-refractivity contribution in [2.24, 2.45) is 0 Å². The van der Waals surface area contributed by atoms with Crippen LogP contribution in [0.15, 0.2) is 30.5 Å². The summed E-state index contributed by atoms with van der Waals surface area (Å²) in [4.78, 5) is 22.2. The summed E-state index contributed by atoms with van der Waals surface area (Å²) in [7, 11) is 3.79. The molecule has 0 saturated heterocycles. The SMILES string of the molecule is Cc1ccc(NC(=O)NCc2nccc(N(C)C)n2)c(Cl)c1. The molecule has 0 aliphatic heterocycles. The Kier molecular flexibility index (Phi) is 5.16. The van der Waals surface area contributed by atoms with E-state index in [9.17, 15) is 4.79 Å². The molecule has 0 spiro atoms. The van der Waals surface area contributed by atoms with E-state index in [2.05, 4.69) is 20.6 Å². The molecule has 0 aliphatic carbocycles. The van der Waals surface area contributed by atoms with Crippen molar-refractivity contribution >= 4 is 29.1 Å². The van der Waals surface area contributed by atoms with Crippen molar-refractivity contribution in [2.75, 3.05) is 24.3 Å². The quantitative estimate of drug-likeness (QED) is 0.909. The van der Waals surface area contributed by atoms with Crippen LogP contribution >= 0.6 is 11.6 Å². The van der Waals surface area contributed by atoms with Gasteiger partial charge in [0.2, 0.25) is 0 Å². The third-order valence-corrected chi connectivity index (χ3v) is 3.24. The number of amides is 2. The van der Waals surface area contributed by atoms with Crippen molar-refractivity contribution in [2.45, 2.75) is 13.5 Å². The lowest BCUT2D eigenvalue weighted by Gasteiger charge is -2.12. The molecular formula is C15H18ClN5O. The Labute approximate surface area is 134 Å². The van der Waals surface area contributed by atoms with E-state index < -0.39 is 0 Å². The number of aromatic nitrogens is 2. The topological polar surface area (TPSA) is 70.2 Å². The van der Waals surface area contributed by atoms with E-state index in [4.69, 9.17) is 11.6 Å². The van der Waals surface area contributed by atoms with E-state index in [1.807, 2.05) is 32.0 Å². The summed E-state index contributed by atoms with van der Waals surface area (Å²) < 4.78 is 0. The monoisotopic (exact) mass is 319 g/mol. The highest BCUT2D eigenvalue weighted by Crippen LogP contribution is 2.22. The first-order valence-corrected chi connectivity index (χ1v) is 7.14. The summed E-state index contributed by atoms with van der Waals surface area (Å²) in [5, 5.41) is 5.90. The van der Waals surface area contributed by atoms with Gasteiger partial charge in [-0.3, -0.25) is 0 Å². The van der Waals surface area contributed by atoms with Crippen LogP contribution in [0.3, 0.4) is 0 Å². The van der Waals surface area contributed by atoms with Crippen LogP contribution < -0.4 is 15.5 Å². The molecule has 1 heterocycles. The molecule has 1 aromatic heterocycles. The smallest absolute Gasteiger partial charge is 0.319 e. The van der Waals surface area contributed by atoms with E-state index in [1.54, 1.807) is 24.4 Å². The summed E-state index contributed by atoms with van der Waals surface area (Å²) >= 11 is 6.07. The predicted molar refractivity (Wildman–Crippen MR) is 88.4 cm³/mol. The van der Waals surface area contributed by atoms with Gasteiger partial charge in [-0.15, -0.1) is 0 Å². The number of halogens is 1. The zero-order valence-corrected chi connectivity index (χ0v) is 13.5. The number of urea groups is 1. The van der Waals surface area contributed by atoms with Gasteiger partial charge < -0.3 is 15.5 Å². The minimum atomic E-state index is -0.357. The number of carbonyl (C=O) groups excluding carboxylic acids is 1. The van der Waals surface area contributed by atoms with Gasteiger partial charge in [-0.05, 0) is 30.7 Å². The molecule has 2 rings (SSSR count). The van der Waals surface area contributed by atoms with Gasteiger partial charge in [0.05, 0.1) is 17.3 Å². The molecule has 0 unspecified atom stereocenters. The number of hydrogen-bond acceptors (Lipinski definition) is 4. The molecule has 0 saturated carbocycles. The van der Waals surface area contributed by atoms with Gasteiger partial charge in [0.25, 0.3) is 0 Å². The van der Waals surface area contributed by atoms with Crippen molar-refractivity contribution in [3.05, 3.63) is 46.9 Å². The number of nitrogens with zero attached hydrogens (tertiary/aromatic N) is 3. The Morgan fingerprint density at radius 3 is 2.77 bits per heavy atom. The highest BCUT2D eigenvalue weighted by molar-refractivity contribution is 6.33. The molecule has 1 aromatic carbocycles. The summed E-state index contributed by atoms with van der Waals surface area (Å²) in [6, 6.07) is 6.88. The molecule has 0 aliphatic rings. The lowest BCUT2D eigenvalue weighted by atomic mass is 10.2. The molecule has 0 fully saturated rings. The van der Waals surface area contributed by atoms with Crippen LogP contribution in [0.1, 0.15) is 11.4 Å². The third-order valence-electron chi connectivity index (χ3n) is 2.93. The van der Waals surface area contributed by atoms with Crippen molar-refractivity contribution in [1.29, 1.82) is 0 Å². The second-order valence-corrected chi connectivity index (χ2v) is 5.42. The van der Waals surface area contributed by atoms with Crippen LogP contribution in [0, 0.1) is 6.92 Å². The zero-order chi connectivity index (χ0) is 16.1. The number of benzene rings is 1. The molecule has 2 N–H and O–H groups in total. The standard InChI is InChI=1S/C15H18ClN5O/c1-10-4-5-12(11(16)8-10)19-15(22)18-9-13-17-7-6-14(20-13)21(2)3/h4-8H,9H2,1-3H3,(H2,18,19,22). The number of carbonyl (C=O) groups is 1. The van der Waals surface area contributed by atoms with E-state index in [1.165, 1.54) is 0 Å². The zero-order valence-electron chi connectivity index (χ0n) is 12.7. The fraction of sp³-hybridized carbons (Fsp3) is 0.267. The molecule has 2 amide bonds. The highest BCUT2D eigenvalue weighted by atomic mass is 35.5. The maximum Gasteiger partial charge on any atom is 0.319 e. The lowest BCUT2D eigenvalue weighted by Crippen LogP contribution is -2.29. The Morgan fingerprint density at radius 2 is 2.09 bits per heavy atom. The van der Waals surface area contributed by atoms with Gasteiger partial charge in [0, 0.05) is 20.3 Å². The predicted octanol–water partition coefficient (Wildman–Crippen LogP) is 2.83. The lowest BCUT2D eigenvalue weighted by molar-refractivity contribution is 0.251. The Balaban J connectivity index is 1.94. The van der Waals surface area contributed by atoms with Crippen molar-refractivity contribution in [1.82, 2.24) is 15.3 Å². The molecule has 2 aromatic rings. The first-order chi connectivity index (χ1) is 10.5. The van der Waals surface area contributed by atoms with Crippen molar-refractivity contribution in [3.63, 3.8) is 0 Å². The molecule has 116 valence electrons. The maximum atomic E-state index is 11.9. The van der Waals surface area contributed by atoms with Gasteiger partial charge in [0.1, 0.15) is 11.6 Å². The number of hydrogen-bond donors (Lipinski definition) is 2. The van der Waals surface area contributed by atoms with Crippen LogP contribution in [0.25, 0.3) is 0 Å². The van der Waals surface area contributed by atoms with Gasteiger partial charge in [-0.25, -0.2) is 14.8 Å². The van der Waals surface area contributed by atoms with E-state index in [0.29, 0.717) is 16.5 Å². The first kappa shape index (κ1) is 16.0. The average molecular weight is 320 g/mol. The fourth-order valence-corrected chi connectivity index (χ4v) is 2.05. The summed E-state index contributed by atoms with van der Waals surface area (Å²) in [6.45, 7) is 2.17. The fourth-order valence-electron chi connectivity index (χ4n) is 1.77. The normalized spacial score (nSPS) is 10.2. The van der Waals surface area contributed by atoms with Crippen molar-refractivity contribution in [3.8, 4) is 0 Å². The Morgan fingerprint density at radius 1 is 1.32 bits per heavy atom. The molecule has 0 bridgehead atoms. The molecular weight excluding hydrogens is 302 g/mol. The third kappa shape index (κ3) is 4.33. The number of aryl methyl sites for hydroxylation is 1. The molecule has 0 radical (unpaired) electrons. The van der Waals surface area contributed by atoms with Crippen LogP contribution in [0.5, 0.6) is 0 Å². The van der Waals surface area contributed by atoms with Crippen molar-refractivity contribution < 1.29 is 4.79 Å². The molecule has 7 heteroatoms. The second-order valence-electron chi connectivity index (χ2n) is 5.02. The average Bonchev–Trinajstić information content (AvgIpc) is 2.48. The van der Waals surface area contributed by atoms with Crippen LogP contribution in [-0.4, -0.2) is 30.1 Å². The van der Waals surface area contributed by atoms with E-state index >= 15 is 0 Å². The van der Waals surface area contributed by atoms with Crippen LogP contribution in [-0.2, 0) is 6.54 Å². The van der Waals surface area contributed by atoms with Gasteiger partial charge in [-0.2, -0.15) is 0 Å². The van der Waals surface area contributed by atoms with E-state index in [0.717, 1.165) is 11.4 Å². The summed E-state index contributed by atoms with van der Waals surface area (Å²) in [5.74, 6) is 1.32. The number of nitrogens with one attached hydrogen (secondary N) is 2. The van der Waals surface area contributed by atoms with Crippen LogP contribution in [0.4, 0.5) is 16.3 Å². The largest absolute Gasteiger partial charge is 0.363 e. The van der Waals surface area contributed by atoms with Gasteiger partial charge >= 0.3 is 6.03 Å². The van der Waals surface area contributed by atoms with Crippen LogP contribution in [0.2, 0.25) is 5.02 Å². The first-order valence-electron chi connectivity index (χ1n) is 6.76. The molecule has 6 nitrogen and oxygen atoms in total. The molecule has 22 heavy (non-hydrogen) atoms. The minimum Gasteiger partial charge on any atom is -0.363 e. The second kappa shape index (κ2) is 7.09.